The normalized spacial score (nSPS) is 10.8. The Morgan fingerprint density at radius 1 is 1.14 bits per heavy atom. The second kappa shape index (κ2) is 6.33. The molecule has 0 heterocycles. The summed E-state index contributed by atoms with van der Waals surface area (Å²) >= 11 is 0. The van der Waals surface area contributed by atoms with Gasteiger partial charge in [-0.15, -0.1) is 0 Å². The van der Waals surface area contributed by atoms with E-state index in [1.165, 1.54) is 24.3 Å². The van der Waals surface area contributed by atoms with Crippen LogP contribution >= 0.6 is 0 Å². The van der Waals surface area contributed by atoms with Crippen LogP contribution in [-0.4, -0.2) is 16.1 Å². The maximum absolute atomic E-state index is 12.0. The molecule has 6 heteroatoms. The first kappa shape index (κ1) is 14.9. The first-order valence-corrected chi connectivity index (χ1v) is 6.30. The molecule has 0 aliphatic carbocycles. The minimum absolute atomic E-state index is 0.137. The molecule has 0 bridgehead atoms. The molecule has 2 aromatic rings. The van der Waals surface area contributed by atoms with Gasteiger partial charge in [0.05, 0.1) is 0 Å². The Kier molecular flexibility index (Phi) is 4.30. The zero-order valence-electron chi connectivity index (χ0n) is 11.4. The lowest BCUT2D eigenvalue weighted by Gasteiger charge is -2.05. The molecule has 0 spiro atoms. The fraction of sp³-hybridized carbons (Fsp3) is 0. The highest BCUT2D eigenvalue weighted by atomic mass is 16.3. The minimum Gasteiger partial charge on any atom is -0.504 e. The second-order valence-corrected chi connectivity index (χ2v) is 4.49. The predicted molar refractivity (Wildman–Crippen MR) is 82.8 cm³/mol. The van der Waals surface area contributed by atoms with E-state index < -0.39 is 5.91 Å². The molecule has 0 atom stereocenters. The molecule has 6 nitrogen and oxygen atoms in total. The van der Waals surface area contributed by atoms with Crippen LogP contribution in [0.3, 0.4) is 0 Å². The van der Waals surface area contributed by atoms with Gasteiger partial charge in [0.15, 0.2) is 11.5 Å². The summed E-state index contributed by atoms with van der Waals surface area (Å²) in [5, 5.41) is 30.3. The molecule has 22 heavy (non-hydrogen) atoms. The number of phenolic OH excluding ortho intramolecular Hbond substituents is 2. The van der Waals surface area contributed by atoms with Crippen molar-refractivity contribution in [3.05, 3.63) is 53.6 Å². The van der Waals surface area contributed by atoms with Crippen LogP contribution in [0.25, 0.3) is 6.08 Å². The summed E-state index contributed by atoms with van der Waals surface area (Å²) in [7, 11) is 0. The molecule has 2 aromatic carbocycles. The number of nitrogens with one attached hydrogen (secondary N) is 1. The Morgan fingerprint density at radius 2 is 1.82 bits per heavy atom. The van der Waals surface area contributed by atoms with Gasteiger partial charge in [-0.3, -0.25) is 4.79 Å². The molecule has 0 radical (unpaired) electrons. The van der Waals surface area contributed by atoms with Gasteiger partial charge in [0, 0.05) is 11.4 Å². The number of phenols is 2. The molecule has 110 valence electrons. The van der Waals surface area contributed by atoms with Crippen molar-refractivity contribution in [1.82, 2.24) is 0 Å². The van der Waals surface area contributed by atoms with Crippen LogP contribution in [0.15, 0.2) is 48.0 Å². The lowest BCUT2D eigenvalue weighted by atomic mass is 10.1. The lowest BCUT2D eigenvalue weighted by molar-refractivity contribution is -0.112. The Hall–Kier alpha value is -3.46. The lowest BCUT2D eigenvalue weighted by Crippen LogP contribution is -2.13. The van der Waals surface area contributed by atoms with Crippen molar-refractivity contribution in [2.45, 2.75) is 0 Å². The molecular formula is C16H13N3O3. The molecule has 0 saturated carbocycles. The first-order valence-electron chi connectivity index (χ1n) is 6.30. The van der Waals surface area contributed by atoms with Gasteiger partial charge in [-0.05, 0) is 48.0 Å². The van der Waals surface area contributed by atoms with E-state index in [0.717, 1.165) is 0 Å². The van der Waals surface area contributed by atoms with Gasteiger partial charge in [-0.25, -0.2) is 0 Å². The van der Waals surface area contributed by atoms with Crippen LogP contribution in [0.1, 0.15) is 5.56 Å². The van der Waals surface area contributed by atoms with E-state index in [0.29, 0.717) is 16.9 Å². The molecule has 0 fully saturated rings. The molecule has 0 saturated heterocycles. The van der Waals surface area contributed by atoms with Crippen molar-refractivity contribution >= 4 is 23.4 Å². The fourth-order valence-electron chi connectivity index (χ4n) is 1.71. The molecule has 1 amide bonds. The molecule has 0 aliphatic rings. The van der Waals surface area contributed by atoms with E-state index in [1.807, 2.05) is 0 Å². The molecular weight excluding hydrogens is 282 g/mol. The minimum atomic E-state index is -0.583. The first-order chi connectivity index (χ1) is 10.5. The molecule has 0 aromatic heterocycles. The number of nitrogens with zero attached hydrogens (tertiary/aromatic N) is 1. The van der Waals surface area contributed by atoms with Crippen LogP contribution in [0.4, 0.5) is 11.4 Å². The number of rotatable bonds is 3. The number of hydrogen-bond donors (Lipinski definition) is 4. The number of aromatic hydroxyl groups is 2. The number of hydrogen-bond acceptors (Lipinski definition) is 5. The summed E-state index contributed by atoms with van der Waals surface area (Å²) in [5.74, 6) is -1.19. The summed E-state index contributed by atoms with van der Waals surface area (Å²) in [4.78, 5) is 12.0. The van der Waals surface area contributed by atoms with E-state index in [4.69, 9.17) is 11.0 Å². The average Bonchev–Trinajstić information content (AvgIpc) is 2.50. The van der Waals surface area contributed by atoms with Crippen LogP contribution in [0, 0.1) is 11.3 Å². The summed E-state index contributed by atoms with van der Waals surface area (Å²) < 4.78 is 0. The molecule has 0 aliphatic heterocycles. The second-order valence-electron chi connectivity index (χ2n) is 4.49. The van der Waals surface area contributed by atoms with Crippen LogP contribution in [-0.2, 0) is 4.79 Å². The standard InChI is InChI=1S/C16H13N3O3/c17-9-11(7-10-1-6-14(20)15(21)8-10)16(22)19-13-4-2-12(18)3-5-13/h1-8,20-21H,18H2,(H,19,22)/b11-7+. The number of nitriles is 1. The van der Waals surface area contributed by atoms with Gasteiger partial charge < -0.3 is 21.3 Å². The quantitative estimate of drug-likeness (QED) is 0.299. The zero-order valence-corrected chi connectivity index (χ0v) is 11.4. The summed E-state index contributed by atoms with van der Waals surface area (Å²) in [6.45, 7) is 0. The monoisotopic (exact) mass is 295 g/mol. The average molecular weight is 295 g/mol. The highest BCUT2D eigenvalue weighted by Crippen LogP contribution is 2.26. The number of nitrogens with two attached hydrogens (primary N) is 1. The van der Waals surface area contributed by atoms with E-state index in [1.54, 1.807) is 30.3 Å². The van der Waals surface area contributed by atoms with Crippen molar-refractivity contribution < 1.29 is 15.0 Å². The number of anilines is 2. The largest absolute Gasteiger partial charge is 0.504 e. The third-order valence-electron chi connectivity index (χ3n) is 2.84. The number of carbonyl (C=O) groups is 1. The number of carbonyl (C=O) groups excluding carboxylic acids is 1. The van der Waals surface area contributed by atoms with Gasteiger partial charge in [0.2, 0.25) is 0 Å². The van der Waals surface area contributed by atoms with Gasteiger partial charge in [0.25, 0.3) is 5.91 Å². The van der Waals surface area contributed by atoms with E-state index in [2.05, 4.69) is 5.32 Å². The van der Waals surface area contributed by atoms with Crippen molar-refractivity contribution in [2.24, 2.45) is 0 Å². The number of benzene rings is 2. The third-order valence-corrected chi connectivity index (χ3v) is 2.84. The fourth-order valence-corrected chi connectivity index (χ4v) is 1.71. The predicted octanol–water partition coefficient (Wildman–Crippen LogP) is 2.23. The molecule has 2 rings (SSSR count). The zero-order chi connectivity index (χ0) is 16.1. The van der Waals surface area contributed by atoms with Crippen LogP contribution in [0.5, 0.6) is 11.5 Å². The van der Waals surface area contributed by atoms with Crippen molar-refractivity contribution in [3.63, 3.8) is 0 Å². The van der Waals surface area contributed by atoms with E-state index in [9.17, 15) is 15.0 Å². The van der Waals surface area contributed by atoms with E-state index >= 15 is 0 Å². The molecule has 0 unspecified atom stereocenters. The van der Waals surface area contributed by atoms with Crippen molar-refractivity contribution in [2.75, 3.05) is 11.1 Å². The number of amides is 1. The molecule has 5 N–H and O–H groups in total. The SMILES string of the molecule is N#C/C(=C\c1ccc(O)c(O)c1)C(=O)Nc1ccc(N)cc1. The van der Waals surface area contributed by atoms with Crippen LogP contribution < -0.4 is 11.1 Å². The van der Waals surface area contributed by atoms with Gasteiger partial charge in [-0.1, -0.05) is 6.07 Å². The topological polar surface area (TPSA) is 119 Å². The maximum atomic E-state index is 12.0. The Labute approximate surface area is 126 Å². The van der Waals surface area contributed by atoms with Gasteiger partial charge >= 0.3 is 0 Å². The Balaban J connectivity index is 2.21. The summed E-state index contributed by atoms with van der Waals surface area (Å²) in [6.07, 6.45) is 1.31. The maximum Gasteiger partial charge on any atom is 0.266 e. The van der Waals surface area contributed by atoms with Crippen molar-refractivity contribution in [1.29, 1.82) is 5.26 Å². The highest BCUT2D eigenvalue weighted by molar-refractivity contribution is 6.09. The van der Waals surface area contributed by atoms with Crippen molar-refractivity contribution in [3.8, 4) is 17.6 Å². The van der Waals surface area contributed by atoms with Gasteiger partial charge in [0.1, 0.15) is 11.6 Å². The Bertz CT molecular complexity index is 774. The third kappa shape index (κ3) is 3.55. The van der Waals surface area contributed by atoms with Crippen LogP contribution in [0.2, 0.25) is 0 Å². The van der Waals surface area contributed by atoms with Gasteiger partial charge in [-0.2, -0.15) is 5.26 Å². The summed E-state index contributed by atoms with van der Waals surface area (Å²) in [6, 6.07) is 12.3. The smallest absolute Gasteiger partial charge is 0.266 e. The number of nitrogen functional groups attached to an aromatic ring is 1. The van der Waals surface area contributed by atoms with E-state index in [-0.39, 0.29) is 17.1 Å². The summed E-state index contributed by atoms with van der Waals surface area (Å²) in [5.41, 5.74) is 6.90. The Morgan fingerprint density at radius 3 is 2.41 bits per heavy atom. The highest BCUT2D eigenvalue weighted by Gasteiger charge is 2.10.